The molecular formula is C16H22N6O. The Hall–Kier alpha value is -2.18. The second kappa shape index (κ2) is 6.14. The van der Waals surface area contributed by atoms with Crippen LogP contribution >= 0.6 is 0 Å². The van der Waals surface area contributed by atoms with E-state index in [1.807, 2.05) is 15.5 Å². The van der Waals surface area contributed by atoms with Crippen LogP contribution in [0.2, 0.25) is 0 Å². The van der Waals surface area contributed by atoms with Crippen LogP contribution in [-0.2, 0) is 4.79 Å². The zero-order chi connectivity index (χ0) is 15.6. The van der Waals surface area contributed by atoms with Crippen molar-refractivity contribution < 1.29 is 4.79 Å². The minimum absolute atomic E-state index is 0.346. The molecule has 4 heterocycles. The van der Waals surface area contributed by atoms with Crippen LogP contribution in [0.3, 0.4) is 0 Å². The van der Waals surface area contributed by atoms with Crippen LogP contribution < -0.4 is 4.90 Å². The molecule has 1 amide bonds. The summed E-state index contributed by atoms with van der Waals surface area (Å²) in [6.45, 7) is 3.77. The molecule has 0 spiro atoms. The summed E-state index contributed by atoms with van der Waals surface area (Å²) < 4.78 is 1.89. The molecule has 0 bridgehead atoms. The monoisotopic (exact) mass is 314 g/mol. The molecule has 0 atom stereocenters. The molecule has 122 valence electrons. The summed E-state index contributed by atoms with van der Waals surface area (Å²) in [5.41, 5.74) is 0.805. The fourth-order valence-corrected chi connectivity index (χ4v) is 3.66. The van der Waals surface area contributed by atoms with Crippen LogP contribution in [0.15, 0.2) is 18.7 Å². The van der Waals surface area contributed by atoms with E-state index < -0.39 is 0 Å². The number of aromatic nitrogens is 4. The summed E-state index contributed by atoms with van der Waals surface area (Å²) in [5, 5.41) is 8.11. The van der Waals surface area contributed by atoms with Gasteiger partial charge in [-0.25, -0.2) is 4.98 Å². The van der Waals surface area contributed by atoms with Gasteiger partial charge in [0.05, 0.1) is 0 Å². The van der Waals surface area contributed by atoms with Crippen molar-refractivity contribution in [2.75, 3.05) is 31.1 Å². The van der Waals surface area contributed by atoms with Crippen molar-refractivity contribution in [3.05, 3.63) is 18.7 Å². The Morgan fingerprint density at radius 3 is 2.74 bits per heavy atom. The SMILES string of the molecule is O=C(CC1CCN(c2nccn3cnnc23)CC1)N1CCCC1. The van der Waals surface area contributed by atoms with Crippen molar-refractivity contribution in [2.45, 2.75) is 32.1 Å². The number of rotatable bonds is 3. The zero-order valence-electron chi connectivity index (χ0n) is 13.3. The Morgan fingerprint density at radius 2 is 1.96 bits per heavy atom. The van der Waals surface area contributed by atoms with Gasteiger partial charge in [-0.05, 0) is 31.6 Å². The molecule has 2 fully saturated rings. The van der Waals surface area contributed by atoms with Gasteiger partial charge in [0, 0.05) is 45.0 Å². The first-order chi connectivity index (χ1) is 11.3. The number of hydrogen-bond donors (Lipinski definition) is 0. The van der Waals surface area contributed by atoms with Gasteiger partial charge in [-0.2, -0.15) is 0 Å². The number of carbonyl (C=O) groups is 1. The number of carbonyl (C=O) groups excluding carboxylic acids is 1. The molecule has 0 aliphatic carbocycles. The third kappa shape index (κ3) is 2.87. The maximum atomic E-state index is 12.3. The van der Waals surface area contributed by atoms with Crippen LogP contribution in [0.5, 0.6) is 0 Å². The predicted molar refractivity (Wildman–Crippen MR) is 86.2 cm³/mol. The standard InChI is InChI=1S/C16H22N6O/c23-14(20-6-1-2-7-20)11-13-3-8-21(9-4-13)15-16-19-18-12-22(16)10-5-17-15/h5,10,12-13H,1-4,6-9,11H2. The van der Waals surface area contributed by atoms with Crippen LogP contribution in [0, 0.1) is 5.92 Å². The summed E-state index contributed by atoms with van der Waals surface area (Å²) in [7, 11) is 0. The largest absolute Gasteiger partial charge is 0.353 e. The third-order valence-corrected chi connectivity index (χ3v) is 5.03. The molecule has 0 unspecified atom stereocenters. The smallest absolute Gasteiger partial charge is 0.222 e. The lowest BCUT2D eigenvalue weighted by Crippen LogP contribution is -2.37. The van der Waals surface area contributed by atoms with E-state index in [0.717, 1.165) is 63.3 Å². The van der Waals surface area contributed by atoms with Crippen molar-refractivity contribution in [1.82, 2.24) is 24.5 Å². The Bertz CT molecular complexity index is 685. The fourth-order valence-electron chi connectivity index (χ4n) is 3.66. The van der Waals surface area contributed by atoms with Crippen molar-refractivity contribution >= 4 is 17.4 Å². The number of anilines is 1. The lowest BCUT2D eigenvalue weighted by atomic mass is 9.93. The zero-order valence-corrected chi connectivity index (χ0v) is 13.3. The van der Waals surface area contributed by atoms with Crippen LogP contribution in [0.4, 0.5) is 5.82 Å². The minimum atomic E-state index is 0.346. The van der Waals surface area contributed by atoms with Crippen molar-refractivity contribution in [1.29, 1.82) is 0 Å². The van der Waals surface area contributed by atoms with E-state index in [9.17, 15) is 4.79 Å². The van der Waals surface area contributed by atoms with Crippen LogP contribution in [0.1, 0.15) is 32.1 Å². The molecule has 2 aromatic rings. The van der Waals surface area contributed by atoms with E-state index in [1.165, 1.54) is 0 Å². The van der Waals surface area contributed by atoms with Gasteiger partial charge >= 0.3 is 0 Å². The summed E-state index contributed by atoms with van der Waals surface area (Å²) in [4.78, 5) is 21.1. The van der Waals surface area contributed by atoms with Gasteiger partial charge in [-0.3, -0.25) is 9.20 Å². The van der Waals surface area contributed by atoms with E-state index >= 15 is 0 Å². The molecule has 0 radical (unpaired) electrons. The predicted octanol–water partition coefficient (Wildman–Crippen LogP) is 1.35. The Balaban J connectivity index is 1.37. The Labute approximate surface area is 135 Å². The minimum Gasteiger partial charge on any atom is -0.353 e. The summed E-state index contributed by atoms with van der Waals surface area (Å²) in [5.74, 6) is 1.74. The van der Waals surface area contributed by atoms with E-state index in [-0.39, 0.29) is 0 Å². The van der Waals surface area contributed by atoms with E-state index in [2.05, 4.69) is 20.1 Å². The number of piperidine rings is 1. The summed E-state index contributed by atoms with van der Waals surface area (Å²) in [6, 6.07) is 0. The molecule has 7 heteroatoms. The molecule has 0 N–H and O–H groups in total. The number of nitrogens with zero attached hydrogens (tertiary/aromatic N) is 6. The molecule has 2 saturated heterocycles. The van der Waals surface area contributed by atoms with Crippen LogP contribution in [-0.4, -0.2) is 56.6 Å². The van der Waals surface area contributed by atoms with E-state index in [4.69, 9.17) is 0 Å². The quantitative estimate of drug-likeness (QED) is 0.855. The highest BCUT2D eigenvalue weighted by molar-refractivity contribution is 5.76. The van der Waals surface area contributed by atoms with Crippen molar-refractivity contribution in [3.63, 3.8) is 0 Å². The fraction of sp³-hybridized carbons (Fsp3) is 0.625. The van der Waals surface area contributed by atoms with Gasteiger partial charge < -0.3 is 9.80 Å². The highest BCUT2D eigenvalue weighted by Crippen LogP contribution is 2.26. The molecule has 23 heavy (non-hydrogen) atoms. The van der Waals surface area contributed by atoms with Crippen LogP contribution in [0.25, 0.3) is 5.65 Å². The van der Waals surface area contributed by atoms with Gasteiger partial charge in [-0.1, -0.05) is 0 Å². The molecule has 7 nitrogen and oxygen atoms in total. The normalized spacial score (nSPS) is 19.7. The van der Waals surface area contributed by atoms with Gasteiger partial charge in [-0.15, -0.1) is 10.2 Å². The topological polar surface area (TPSA) is 66.6 Å². The third-order valence-electron chi connectivity index (χ3n) is 5.03. The first-order valence-corrected chi connectivity index (χ1v) is 8.48. The average Bonchev–Trinajstić information content (AvgIpc) is 3.26. The second-order valence-corrected chi connectivity index (χ2v) is 6.54. The maximum absolute atomic E-state index is 12.3. The molecule has 2 aliphatic heterocycles. The molecule has 0 saturated carbocycles. The lowest BCUT2D eigenvalue weighted by molar-refractivity contribution is -0.131. The summed E-state index contributed by atoms with van der Waals surface area (Å²) >= 11 is 0. The average molecular weight is 314 g/mol. The highest BCUT2D eigenvalue weighted by atomic mass is 16.2. The molecular weight excluding hydrogens is 292 g/mol. The van der Waals surface area contributed by atoms with Gasteiger partial charge in [0.25, 0.3) is 0 Å². The lowest BCUT2D eigenvalue weighted by Gasteiger charge is -2.33. The van der Waals surface area contributed by atoms with Crippen molar-refractivity contribution in [3.8, 4) is 0 Å². The van der Waals surface area contributed by atoms with Gasteiger partial charge in [0.15, 0.2) is 5.82 Å². The Kier molecular flexibility index (Phi) is 3.85. The summed E-state index contributed by atoms with van der Waals surface area (Å²) in [6.07, 6.45) is 10.5. The van der Waals surface area contributed by atoms with Crippen molar-refractivity contribution in [2.24, 2.45) is 5.92 Å². The number of hydrogen-bond acceptors (Lipinski definition) is 5. The first-order valence-electron chi connectivity index (χ1n) is 8.48. The Morgan fingerprint density at radius 1 is 1.17 bits per heavy atom. The van der Waals surface area contributed by atoms with Gasteiger partial charge in [0.1, 0.15) is 6.33 Å². The van der Waals surface area contributed by atoms with Gasteiger partial charge in [0.2, 0.25) is 11.6 Å². The first kappa shape index (κ1) is 14.4. The molecule has 2 aromatic heterocycles. The number of fused-ring (bicyclic) bond motifs is 1. The highest BCUT2D eigenvalue weighted by Gasteiger charge is 2.26. The van der Waals surface area contributed by atoms with E-state index in [0.29, 0.717) is 18.2 Å². The molecule has 4 rings (SSSR count). The molecule has 2 aliphatic rings. The van der Waals surface area contributed by atoms with E-state index in [1.54, 1.807) is 12.5 Å². The number of likely N-dealkylation sites (tertiary alicyclic amines) is 1. The molecule has 0 aromatic carbocycles. The second-order valence-electron chi connectivity index (χ2n) is 6.54. The number of amides is 1. The maximum Gasteiger partial charge on any atom is 0.222 e.